The van der Waals surface area contributed by atoms with Gasteiger partial charge >= 0.3 is 0 Å². The van der Waals surface area contributed by atoms with Crippen molar-refractivity contribution in [3.05, 3.63) is 28.7 Å². The van der Waals surface area contributed by atoms with Crippen LogP contribution in [0.4, 0.5) is 0 Å². The highest BCUT2D eigenvalue weighted by Gasteiger charge is 2.30. The van der Waals surface area contributed by atoms with Gasteiger partial charge in [-0.05, 0) is 49.9 Å². The molecule has 0 N–H and O–H groups in total. The van der Waals surface area contributed by atoms with E-state index in [1.54, 1.807) is 28.6 Å². The van der Waals surface area contributed by atoms with E-state index in [2.05, 4.69) is 15.9 Å². The van der Waals surface area contributed by atoms with E-state index < -0.39 is 10.0 Å². The zero-order valence-corrected chi connectivity index (χ0v) is 13.9. The summed E-state index contributed by atoms with van der Waals surface area (Å²) < 4.78 is 27.3. The first-order chi connectivity index (χ1) is 8.91. The molecule has 3 nitrogen and oxygen atoms in total. The van der Waals surface area contributed by atoms with Crippen LogP contribution in [0.5, 0.6) is 0 Å². The number of rotatable bonds is 3. The molecule has 1 aliphatic rings. The first kappa shape index (κ1) is 15.3. The van der Waals surface area contributed by atoms with Gasteiger partial charge in [-0.1, -0.05) is 15.9 Å². The molecule has 0 aromatic heterocycles. The SMILES string of the molecule is CC(Cl)C1CCN(S(=O)(=O)c2ccc(Br)cc2)CC1. The molecule has 0 bridgehead atoms. The molecule has 106 valence electrons. The minimum absolute atomic E-state index is 0.109. The topological polar surface area (TPSA) is 37.4 Å². The van der Waals surface area contributed by atoms with Gasteiger partial charge in [0.15, 0.2) is 0 Å². The third-order valence-electron chi connectivity index (χ3n) is 3.60. The lowest BCUT2D eigenvalue weighted by molar-refractivity contribution is 0.271. The largest absolute Gasteiger partial charge is 0.243 e. The van der Waals surface area contributed by atoms with Crippen molar-refractivity contribution in [1.82, 2.24) is 4.31 Å². The average Bonchev–Trinajstić information content (AvgIpc) is 2.39. The first-order valence-electron chi connectivity index (χ1n) is 6.31. The van der Waals surface area contributed by atoms with Crippen molar-refractivity contribution in [2.75, 3.05) is 13.1 Å². The molecule has 1 atom stereocenters. The van der Waals surface area contributed by atoms with Gasteiger partial charge in [-0.3, -0.25) is 0 Å². The van der Waals surface area contributed by atoms with E-state index in [-0.39, 0.29) is 5.38 Å². The van der Waals surface area contributed by atoms with Gasteiger partial charge in [0.1, 0.15) is 0 Å². The van der Waals surface area contributed by atoms with E-state index in [1.165, 1.54) is 0 Å². The molecule has 1 saturated heterocycles. The summed E-state index contributed by atoms with van der Waals surface area (Å²) in [6.07, 6.45) is 1.67. The van der Waals surface area contributed by atoms with E-state index >= 15 is 0 Å². The molecule has 1 unspecified atom stereocenters. The van der Waals surface area contributed by atoms with Crippen LogP contribution in [0.25, 0.3) is 0 Å². The summed E-state index contributed by atoms with van der Waals surface area (Å²) >= 11 is 9.39. The third-order valence-corrected chi connectivity index (χ3v) is 6.40. The van der Waals surface area contributed by atoms with E-state index in [0.717, 1.165) is 17.3 Å². The van der Waals surface area contributed by atoms with Crippen LogP contribution in [-0.2, 0) is 10.0 Å². The van der Waals surface area contributed by atoms with Gasteiger partial charge in [-0.25, -0.2) is 8.42 Å². The summed E-state index contributed by atoms with van der Waals surface area (Å²) in [7, 11) is -3.36. The molecule has 1 aromatic rings. The predicted octanol–water partition coefficient (Wildman–Crippen LogP) is 3.48. The van der Waals surface area contributed by atoms with Crippen LogP contribution in [-0.4, -0.2) is 31.2 Å². The lowest BCUT2D eigenvalue weighted by Crippen LogP contribution is -2.39. The summed E-state index contributed by atoms with van der Waals surface area (Å²) in [5.74, 6) is 0.415. The maximum Gasteiger partial charge on any atom is 0.243 e. The summed E-state index contributed by atoms with van der Waals surface area (Å²) in [6, 6.07) is 6.77. The normalized spacial score (nSPS) is 20.4. The molecule has 1 fully saturated rings. The Morgan fingerprint density at radius 3 is 2.26 bits per heavy atom. The molecular formula is C13H17BrClNO2S. The van der Waals surface area contributed by atoms with Gasteiger partial charge in [-0.15, -0.1) is 11.6 Å². The van der Waals surface area contributed by atoms with E-state index in [0.29, 0.717) is 23.9 Å². The number of hydrogen-bond donors (Lipinski definition) is 0. The van der Waals surface area contributed by atoms with Crippen molar-refractivity contribution in [2.24, 2.45) is 5.92 Å². The van der Waals surface area contributed by atoms with E-state index in [4.69, 9.17) is 11.6 Å². The molecule has 2 rings (SSSR count). The van der Waals surface area contributed by atoms with Crippen LogP contribution in [0.15, 0.2) is 33.6 Å². The second kappa shape index (κ2) is 6.12. The number of sulfonamides is 1. The molecule has 1 aromatic carbocycles. The number of nitrogens with zero attached hydrogens (tertiary/aromatic N) is 1. The number of halogens is 2. The van der Waals surface area contributed by atoms with Gasteiger partial charge in [0, 0.05) is 22.9 Å². The Morgan fingerprint density at radius 2 is 1.79 bits per heavy atom. The van der Waals surface area contributed by atoms with Crippen LogP contribution < -0.4 is 0 Å². The quantitative estimate of drug-likeness (QED) is 0.768. The van der Waals surface area contributed by atoms with Gasteiger partial charge in [0.05, 0.1) is 4.90 Å². The number of piperidine rings is 1. The summed E-state index contributed by atoms with van der Waals surface area (Å²) in [6.45, 7) is 3.09. The van der Waals surface area contributed by atoms with E-state index in [9.17, 15) is 8.42 Å². The van der Waals surface area contributed by atoms with Crippen LogP contribution in [0.1, 0.15) is 19.8 Å². The highest BCUT2D eigenvalue weighted by atomic mass is 79.9. The maximum absolute atomic E-state index is 12.5. The molecule has 6 heteroatoms. The molecule has 0 amide bonds. The Morgan fingerprint density at radius 1 is 1.26 bits per heavy atom. The molecule has 0 aliphatic carbocycles. The Kier molecular flexibility index (Phi) is 4.93. The Labute approximate surface area is 128 Å². The number of hydrogen-bond acceptors (Lipinski definition) is 2. The molecule has 1 aliphatic heterocycles. The minimum Gasteiger partial charge on any atom is -0.207 e. The fourth-order valence-electron chi connectivity index (χ4n) is 2.33. The van der Waals surface area contributed by atoms with Crippen LogP contribution >= 0.6 is 27.5 Å². The minimum atomic E-state index is -3.36. The van der Waals surface area contributed by atoms with Crippen LogP contribution in [0.2, 0.25) is 0 Å². The third kappa shape index (κ3) is 3.51. The molecule has 0 radical (unpaired) electrons. The second-order valence-electron chi connectivity index (χ2n) is 4.87. The monoisotopic (exact) mass is 365 g/mol. The lowest BCUT2D eigenvalue weighted by atomic mass is 9.95. The van der Waals surface area contributed by atoms with Crippen molar-refractivity contribution in [3.63, 3.8) is 0 Å². The highest BCUT2D eigenvalue weighted by molar-refractivity contribution is 9.10. The molecular weight excluding hydrogens is 350 g/mol. The number of benzene rings is 1. The molecule has 0 saturated carbocycles. The van der Waals surface area contributed by atoms with Crippen molar-refractivity contribution >= 4 is 37.6 Å². The Hall–Kier alpha value is -0.100. The average molecular weight is 367 g/mol. The zero-order valence-electron chi connectivity index (χ0n) is 10.7. The predicted molar refractivity (Wildman–Crippen MR) is 80.9 cm³/mol. The summed E-state index contributed by atoms with van der Waals surface area (Å²) in [5, 5.41) is 0.109. The fourth-order valence-corrected chi connectivity index (χ4v) is 4.32. The van der Waals surface area contributed by atoms with Gasteiger partial charge in [-0.2, -0.15) is 4.31 Å². The van der Waals surface area contributed by atoms with Crippen LogP contribution in [0, 0.1) is 5.92 Å². The van der Waals surface area contributed by atoms with E-state index in [1.807, 2.05) is 6.92 Å². The molecule has 0 spiro atoms. The molecule has 19 heavy (non-hydrogen) atoms. The maximum atomic E-state index is 12.5. The first-order valence-corrected chi connectivity index (χ1v) is 8.98. The van der Waals surface area contributed by atoms with Crippen molar-refractivity contribution in [3.8, 4) is 0 Å². The Bertz CT molecular complexity index is 522. The summed E-state index contributed by atoms with van der Waals surface area (Å²) in [5.41, 5.74) is 0. The molecule has 1 heterocycles. The zero-order chi connectivity index (χ0) is 14.0. The van der Waals surface area contributed by atoms with Crippen molar-refractivity contribution < 1.29 is 8.42 Å². The van der Waals surface area contributed by atoms with Crippen molar-refractivity contribution in [1.29, 1.82) is 0 Å². The second-order valence-corrected chi connectivity index (χ2v) is 8.41. The van der Waals surface area contributed by atoms with Gasteiger partial charge in [0.25, 0.3) is 0 Å². The lowest BCUT2D eigenvalue weighted by Gasteiger charge is -2.32. The highest BCUT2D eigenvalue weighted by Crippen LogP contribution is 2.28. The standard InChI is InChI=1S/C13H17BrClNO2S/c1-10(15)11-6-8-16(9-7-11)19(17,18)13-4-2-12(14)3-5-13/h2-5,10-11H,6-9H2,1H3. The number of alkyl halides is 1. The van der Waals surface area contributed by atoms with Crippen LogP contribution in [0.3, 0.4) is 0 Å². The Balaban J connectivity index is 2.12. The van der Waals surface area contributed by atoms with Gasteiger partial charge < -0.3 is 0 Å². The summed E-state index contributed by atoms with van der Waals surface area (Å²) in [4.78, 5) is 0.355. The van der Waals surface area contributed by atoms with Crippen molar-refractivity contribution in [2.45, 2.75) is 30.0 Å². The fraction of sp³-hybridized carbons (Fsp3) is 0.538. The van der Waals surface area contributed by atoms with Gasteiger partial charge in [0.2, 0.25) is 10.0 Å². The smallest absolute Gasteiger partial charge is 0.207 e.